The van der Waals surface area contributed by atoms with Crippen molar-refractivity contribution in [3.05, 3.63) is 35.9 Å². The molecule has 0 heterocycles. The molecule has 7 heteroatoms. The van der Waals surface area contributed by atoms with Gasteiger partial charge in [0.25, 0.3) is 0 Å². The van der Waals surface area contributed by atoms with E-state index in [0.717, 1.165) is 18.4 Å². The zero-order valence-corrected chi connectivity index (χ0v) is 17.3. The molecule has 4 N–H and O–H groups in total. The summed E-state index contributed by atoms with van der Waals surface area (Å²) >= 11 is 0. The molecule has 0 radical (unpaired) electrons. The average Bonchev–Trinajstić information content (AvgIpc) is 3.42. The van der Waals surface area contributed by atoms with Crippen LogP contribution in [0.1, 0.15) is 58.9 Å². The third-order valence-electron chi connectivity index (χ3n) is 5.25. The van der Waals surface area contributed by atoms with Crippen molar-refractivity contribution in [1.29, 1.82) is 0 Å². The minimum absolute atomic E-state index is 0.135. The number of hydrogen-bond acceptors (Lipinski definition) is 4. The van der Waals surface area contributed by atoms with E-state index in [0.29, 0.717) is 12.8 Å². The summed E-state index contributed by atoms with van der Waals surface area (Å²) in [7, 11) is -1.64. The molecule has 0 bridgehead atoms. The molecule has 1 aromatic carbocycles. The molecule has 1 fully saturated rings. The third-order valence-corrected chi connectivity index (χ3v) is 5.25. The maximum atomic E-state index is 13.0. The Morgan fingerprint density at radius 3 is 2.04 bits per heavy atom. The molecule has 0 aliphatic heterocycles. The largest absolute Gasteiger partial charge is 0.475 e. The Labute approximate surface area is 168 Å². The van der Waals surface area contributed by atoms with Gasteiger partial charge >= 0.3 is 7.12 Å². The summed E-state index contributed by atoms with van der Waals surface area (Å²) < 4.78 is 0. The van der Waals surface area contributed by atoms with Crippen LogP contribution in [0.4, 0.5) is 0 Å². The van der Waals surface area contributed by atoms with E-state index in [4.69, 9.17) is 0 Å². The van der Waals surface area contributed by atoms with E-state index < -0.39 is 24.5 Å². The van der Waals surface area contributed by atoms with Gasteiger partial charge in [-0.25, -0.2) is 0 Å². The van der Waals surface area contributed by atoms with Crippen molar-refractivity contribution in [3.8, 4) is 0 Å². The van der Waals surface area contributed by atoms with Gasteiger partial charge in [-0.1, -0.05) is 58.0 Å². The lowest BCUT2D eigenvalue weighted by atomic mass is 9.75. The molecule has 1 saturated carbocycles. The Balaban J connectivity index is 2.10. The van der Waals surface area contributed by atoms with E-state index in [1.807, 2.05) is 58.0 Å². The molecule has 0 spiro atoms. The molecule has 1 aromatic rings. The molecule has 0 aromatic heterocycles. The molecule has 28 heavy (non-hydrogen) atoms. The van der Waals surface area contributed by atoms with Gasteiger partial charge in [0.15, 0.2) is 0 Å². The van der Waals surface area contributed by atoms with Gasteiger partial charge < -0.3 is 20.7 Å². The molecule has 1 aliphatic carbocycles. The predicted molar refractivity (Wildman–Crippen MR) is 110 cm³/mol. The number of benzene rings is 1. The van der Waals surface area contributed by atoms with Crippen molar-refractivity contribution in [1.82, 2.24) is 10.6 Å². The predicted octanol–water partition coefficient (Wildman–Crippen LogP) is 1.79. The Morgan fingerprint density at radius 1 is 1.00 bits per heavy atom. The van der Waals surface area contributed by atoms with Crippen LogP contribution >= 0.6 is 0 Å². The van der Waals surface area contributed by atoms with Crippen molar-refractivity contribution >= 4 is 18.9 Å². The van der Waals surface area contributed by atoms with Crippen LogP contribution in [0, 0.1) is 11.8 Å². The second kappa shape index (κ2) is 9.57. The summed E-state index contributed by atoms with van der Waals surface area (Å²) in [5.41, 5.74) is 0.421. The van der Waals surface area contributed by atoms with Gasteiger partial charge in [0.05, 0.1) is 11.4 Å². The lowest BCUT2D eigenvalue weighted by molar-refractivity contribution is -0.130. The van der Waals surface area contributed by atoms with E-state index >= 15 is 0 Å². The molecule has 2 unspecified atom stereocenters. The second-order valence-electron chi connectivity index (χ2n) is 8.76. The molecule has 154 valence electrons. The van der Waals surface area contributed by atoms with E-state index in [9.17, 15) is 19.6 Å². The van der Waals surface area contributed by atoms with Crippen molar-refractivity contribution in [3.63, 3.8) is 0 Å². The van der Waals surface area contributed by atoms with Crippen LogP contribution in [-0.4, -0.2) is 41.0 Å². The third kappa shape index (κ3) is 5.82. The van der Waals surface area contributed by atoms with Crippen LogP contribution in [0.25, 0.3) is 0 Å². The molecular formula is C21H33BN2O4. The monoisotopic (exact) mass is 388 g/mol. The van der Waals surface area contributed by atoms with Crippen molar-refractivity contribution in [2.75, 3.05) is 0 Å². The number of carbonyl (C=O) groups excluding carboxylic acids is 2. The zero-order chi connectivity index (χ0) is 20.9. The zero-order valence-electron chi connectivity index (χ0n) is 17.3. The fourth-order valence-corrected chi connectivity index (χ4v) is 3.57. The summed E-state index contributed by atoms with van der Waals surface area (Å²) in [6.45, 7) is 7.88. The van der Waals surface area contributed by atoms with Crippen LogP contribution in [0.5, 0.6) is 0 Å². The minimum atomic E-state index is -1.64. The fraction of sp³-hybridized carbons (Fsp3) is 0.619. The van der Waals surface area contributed by atoms with Crippen LogP contribution in [0.3, 0.4) is 0 Å². The number of carbonyl (C=O) groups is 2. The summed E-state index contributed by atoms with van der Waals surface area (Å²) in [6, 6.07) is 8.94. The average molecular weight is 388 g/mol. The Bertz CT molecular complexity index is 660. The highest BCUT2D eigenvalue weighted by molar-refractivity contribution is 6.43. The van der Waals surface area contributed by atoms with Crippen LogP contribution in [-0.2, 0) is 15.0 Å². The van der Waals surface area contributed by atoms with E-state index in [2.05, 4.69) is 10.6 Å². The van der Waals surface area contributed by atoms with Gasteiger partial charge in [-0.15, -0.1) is 0 Å². The first-order valence-electron chi connectivity index (χ1n) is 10.2. The first-order chi connectivity index (χ1) is 13.2. The topological polar surface area (TPSA) is 98.7 Å². The number of rotatable bonds is 10. The fourth-order valence-electron chi connectivity index (χ4n) is 3.57. The normalized spacial score (nSPS) is 17.1. The van der Waals surface area contributed by atoms with Crippen molar-refractivity contribution in [2.45, 2.75) is 70.8 Å². The molecule has 2 rings (SSSR count). The first-order valence-corrected chi connectivity index (χ1v) is 10.2. The molecule has 0 saturated heterocycles. The van der Waals surface area contributed by atoms with E-state index in [1.54, 1.807) is 0 Å². The highest BCUT2D eigenvalue weighted by atomic mass is 16.4. The highest BCUT2D eigenvalue weighted by Crippen LogP contribution is 2.48. The van der Waals surface area contributed by atoms with E-state index in [1.165, 1.54) is 0 Å². The van der Waals surface area contributed by atoms with Crippen molar-refractivity contribution < 1.29 is 19.6 Å². The second-order valence-corrected chi connectivity index (χ2v) is 8.76. The molecule has 2 atom stereocenters. The van der Waals surface area contributed by atoms with Gasteiger partial charge in [0, 0.05) is 0 Å². The highest BCUT2D eigenvalue weighted by Gasteiger charge is 2.51. The summed E-state index contributed by atoms with van der Waals surface area (Å²) in [5.74, 6) is -0.874. The van der Waals surface area contributed by atoms with Gasteiger partial charge in [-0.2, -0.15) is 0 Å². The Morgan fingerprint density at radius 2 is 1.57 bits per heavy atom. The van der Waals surface area contributed by atoms with Crippen LogP contribution in [0.15, 0.2) is 30.3 Å². The summed E-state index contributed by atoms with van der Waals surface area (Å²) in [5, 5.41) is 24.8. The summed E-state index contributed by atoms with van der Waals surface area (Å²) in [6.07, 6.45) is 2.46. The summed E-state index contributed by atoms with van der Waals surface area (Å²) in [4.78, 5) is 25.9. The molecule has 2 amide bonds. The van der Waals surface area contributed by atoms with E-state index in [-0.39, 0.29) is 23.7 Å². The van der Waals surface area contributed by atoms with Crippen LogP contribution < -0.4 is 10.6 Å². The Hall–Kier alpha value is -1.86. The maximum absolute atomic E-state index is 13.0. The van der Waals surface area contributed by atoms with Crippen molar-refractivity contribution in [2.24, 2.45) is 11.8 Å². The number of amides is 2. The number of nitrogens with one attached hydrogen (secondary N) is 2. The maximum Gasteiger partial charge on any atom is 0.475 e. The lowest BCUT2D eigenvalue weighted by Crippen LogP contribution is -2.55. The number of hydrogen-bond donors (Lipinski definition) is 4. The first kappa shape index (κ1) is 22.4. The molecule has 6 nitrogen and oxygen atoms in total. The lowest BCUT2D eigenvalue weighted by Gasteiger charge is -2.26. The Kier molecular flexibility index (Phi) is 7.66. The quantitative estimate of drug-likeness (QED) is 0.460. The molecule has 1 aliphatic rings. The minimum Gasteiger partial charge on any atom is -0.426 e. The van der Waals surface area contributed by atoms with Gasteiger partial charge in [-0.05, 0) is 43.1 Å². The standard InChI is InChI=1S/C21H33BN2O4/c1-14(2)12-17(19(25)24-18(22(27)28)13-15(3)4)23-20(26)21(10-11-21)16-8-6-5-7-9-16/h5-9,14-15,17-18,27-28H,10-13H2,1-4H3,(H,23,26)(H,24,25). The van der Waals surface area contributed by atoms with Gasteiger partial charge in [-0.3, -0.25) is 9.59 Å². The SMILES string of the molecule is CC(C)CC(NC(=O)C(CC(C)C)NC(=O)C1(c2ccccc2)CC1)B(O)O. The van der Waals surface area contributed by atoms with Gasteiger partial charge in [0.2, 0.25) is 11.8 Å². The smallest absolute Gasteiger partial charge is 0.426 e. The molecular weight excluding hydrogens is 355 g/mol. The van der Waals surface area contributed by atoms with Gasteiger partial charge in [0.1, 0.15) is 6.04 Å². The van der Waals surface area contributed by atoms with Crippen LogP contribution in [0.2, 0.25) is 0 Å².